The maximum absolute atomic E-state index is 13.7. The van der Waals surface area contributed by atoms with Crippen LogP contribution < -0.4 is 10.6 Å². The molecule has 2 unspecified atom stereocenters. The Balaban J connectivity index is 1.93. The molecule has 2 atom stereocenters. The van der Waals surface area contributed by atoms with Gasteiger partial charge in [0.05, 0.1) is 12.6 Å². The lowest BCUT2D eigenvalue weighted by Crippen LogP contribution is -2.44. The summed E-state index contributed by atoms with van der Waals surface area (Å²) in [6.45, 7) is 3.17. The van der Waals surface area contributed by atoms with Crippen molar-refractivity contribution < 1.29 is 18.7 Å². The lowest BCUT2D eigenvalue weighted by Gasteiger charge is -2.25. The van der Waals surface area contributed by atoms with Crippen molar-refractivity contribution in [3.8, 4) is 0 Å². The fraction of sp³-hybridized carbons (Fsp3) is 0.278. The molecule has 6 heteroatoms. The highest BCUT2D eigenvalue weighted by atomic mass is 19.1. The van der Waals surface area contributed by atoms with Gasteiger partial charge in [-0.2, -0.15) is 0 Å². The summed E-state index contributed by atoms with van der Waals surface area (Å²) in [5.41, 5.74) is -0.382. The number of carbonyl (C=O) groups excluding carboxylic acids is 1. The molecule has 0 spiro atoms. The monoisotopic (exact) mass is 334 g/mol. The Bertz CT molecular complexity index is 705. The Labute approximate surface area is 139 Å². The first-order valence-corrected chi connectivity index (χ1v) is 7.57. The molecular formula is C18H20F2N2O2. The van der Waals surface area contributed by atoms with Crippen molar-refractivity contribution >= 4 is 6.03 Å². The summed E-state index contributed by atoms with van der Waals surface area (Å²) in [4.78, 5) is 12.0. The molecule has 4 nitrogen and oxygen atoms in total. The molecule has 3 N–H and O–H groups in total. The molecule has 128 valence electrons. The Morgan fingerprint density at radius 2 is 1.88 bits per heavy atom. The van der Waals surface area contributed by atoms with Gasteiger partial charge in [0.1, 0.15) is 17.2 Å². The van der Waals surface area contributed by atoms with Crippen LogP contribution in [0.4, 0.5) is 13.6 Å². The first-order chi connectivity index (χ1) is 11.3. The third kappa shape index (κ3) is 4.52. The van der Waals surface area contributed by atoms with E-state index in [4.69, 9.17) is 0 Å². The maximum atomic E-state index is 13.7. The fourth-order valence-corrected chi connectivity index (χ4v) is 2.33. The summed E-state index contributed by atoms with van der Waals surface area (Å²) in [5, 5.41) is 15.5. The summed E-state index contributed by atoms with van der Waals surface area (Å²) >= 11 is 0. The lowest BCUT2D eigenvalue weighted by molar-refractivity contribution is 0.0593. The van der Waals surface area contributed by atoms with Crippen LogP contribution in [0.2, 0.25) is 0 Å². The van der Waals surface area contributed by atoms with Gasteiger partial charge in [-0.15, -0.1) is 0 Å². The number of benzene rings is 2. The van der Waals surface area contributed by atoms with Crippen LogP contribution in [-0.4, -0.2) is 17.7 Å². The Morgan fingerprint density at radius 1 is 1.21 bits per heavy atom. The Kier molecular flexibility index (Phi) is 5.51. The van der Waals surface area contributed by atoms with Crippen LogP contribution in [0.3, 0.4) is 0 Å². The molecule has 0 saturated carbocycles. The average Bonchev–Trinajstić information content (AvgIpc) is 2.54. The highest BCUT2D eigenvalue weighted by molar-refractivity contribution is 5.74. The largest absolute Gasteiger partial charge is 0.384 e. The average molecular weight is 334 g/mol. The molecule has 2 aromatic carbocycles. The molecule has 2 aromatic rings. The highest BCUT2D eigenvalue weighted by Crippen LogP contribution is 2.20. The van der Waals surface area contributed by atoms with Crippen LogP contribution in [0.5, 0.6) is 0 Å². The Hall–Kier alpha value is -2.47. The van der Waals surface area contributed by atoms with Gasteiger partial charge in [0.25, 0.3) is 0 Å². The molecule has 0 aliphatic heterocycles. The van der Waals surface area contributed by atoms with Gasteiger partial charge in [-0.1, -0.05) is 36.4 Å². The molecule has 2 amide bonds. The van der Waals surface area contributed by atoms with Gasteiger partial charge in [-0.3, -0.25) is 0 Å². The molecule has 24 heavy (non-hydrogen) atoms. The Morgan fingerprint density at radius 3 is 2.50 bits per heavy atom. The number of hydrogen-bond donors (Lipinski definition) is 3. The number of aliphatic hydroxyl groups is 1. The van der Waals surface area contributed by atoms with Crippen LogP contribution in [-0.2, 0) is 5.60 Å². The van der Waals surface area contributed by atoms with Crippen LogP contribution in [0, 0.1) is 11.6 Å². The summed E-state index contributed by atoms with van der Waals surface area (Å²) in [6.07, 6.45) is 0. The van der Waals surface area contributed by atoms with E-state index in [1.54, 1.807) is 38.1 Å². The van der Waals surface area contributed by atoms with Crippen molar-refractivity contribution in [2.75, 3.05) is 6.54 Å². The van der Waals surface area contributed by atoms with E-state index >= 15 is 0 Å². The molecule has 0 bridgehead atoms. The molecule has 0 aliphatic carbocycles. The zero-order valence-corrected chi connectivity index (χ0v) is 13.5. The van der Waals surface area contributed by atoms with Gasteiger partial charge >= 0.3 is 6.03 Å². The molecule has 0 aromatic heterocycles. The number of rotatable bonds is 5. The number of urea groups is 1. The number of carbonyl (C=O) groups is 1. The van der Waals surface area contributed by atoms with Crippen molar-refractivity contribution in [1.82, 2.24) is 10.6 Å². The molecule has 0 saturated heterocycles. The minimum Gasteiger partial charge on any atom is -0.384 e. The van der Waals surface area contributed by atoms with Crippen LogP contribution in [0.15, 0.2) is 48.5 Å². The molecule has 0 radical (unpaired) electrons. The minimum atomic E-state index is -1.23. The highest BCUT2D eigenvalue weighted by Gasteiger charge is 2.24. The van der Waals surface area contributed by atoms with E-state index in [1.807, 2.05) is 6.07 Å². The molecule has 0 aliphatic rings. The van der Waals surface area contributed by atoms with Gasteiger partial charge in [-0.25, -0.2) is 13.6 Å². The second-order valence-electron chi connectivity index (χ2n) is 5.85. The number of hydrogen-bond acceptors (Lipinski definition) is 2. The second-order valence-corrected chi connectivity index (χ2v) is 5.85. The third-order valence-corrected chi connectivity index (χ3v) is 3.77. The standard InChI is InChI=1S/C18H20F2N2O2/c1-12(15-9-8-14(19)10-16(15)20)22-17(23)21-11-18(2,24)13-6-4-3-5-7-13/h3-10,12,24H,11H2,1-2H3,(H2,21,22,23). The van der Waals surface area contributed by atoms with Crippen LogP contribution in [0.25, 0.3) is 0 Å². The maximum Gasteiger partial charge on any atom is 0.315 e. The third-order valence-electron chi connectivity index (χ3n) is 3.77. The number of halogens is 2. The minimum absolute atomic E-state index is 0.0124. The second kappa shape index (κ2) is 7.40. The van der Waals surface area contributed by atoms with Crippen LogP contribution in [0.1, 0.15) is 31.0 Å². The van der Waals surface area contributed by atoms with E-state index in [0.29, 0.717) is 5.56 Å². The van der Waals surface area contributed by atoms with E-state index in [1.165, 1.54) is 6.07 Å². The zero-order chi connectivity index (χ0) is 17.7. The quantitative estimate of drug-likeness (QED) is 0.786. The summed E-state index contributed by atoms with van der Waals surface area (Å²) in [7, 11) is 0. The van der Waals surface area contributed by atoms with E-state index in [-0.39, 0.29) is 12.1 Å². The normalized spacial score (nSPS) is 14.5. The van der Waals surface area contributed by atoms with Gasteiger partial charge in [0.15, 0.2) is 0 Å². The predicted molar refractivity (Wildman–Crippen MR) is 87.3 cm³/mol. The molecule has 0 fully saturated rings. The first-order valence-electron chi connectivity index (χ1n) is 7.57. The van der Waals surface area contributed by atoms with Gasteiger partial charge in [0.2, 0.25) is 0 Å². The van der Waals surface area contributed by atoms with Crippen LogP contribution >= 0.6 is 0 Å². The first kappa shape index (κ1) is 17.9. The fourth-order valence-electron chi connectivity index (χ4n) is 2.33. The topological polar surface area (TPSA) is 61.4 Å². The van der Waals surface area contributed by atoms with Crippen molar-refractivity contribution in [3.05, 3.63) is 71.3 Å². The van der Waals surface area contributed by atoms with Gasteiger partial charge in [0, 0.05) is 11.6 Å². The summed E-state index contributed by atoms with van der Waals surface area (Å²) in [5.74, 6) is -1.40. The van der Waals surface area contributed by atoms with Crippen molar-refractivity contribution in [2.24, 2.45) is 0 Å². The predicted octanol–water partition coefficient (Wildman–Crippen LogP) is 3.23. The summed E-state index contributed by atoms with van der Waals surface area (Å²) in [6, 6.07) is 10.9. The van der Waals surface area contributed by atoms with Crippen molar-refractivity contribution in [1.29, 1.82) is 0 Å². The SMILES string of the molecule is CC(NC(=O)NCC(C)(O)c1ccccc1)c1ccc(F)cc1F. The van der Waals surface area contributed by atoms with E-state index in [2.05, 4.69) is 10.6 Å². The smallest absolute Gasteiger partial charge is 0.315 e. The van der Waals surface area contributed by atoms with E-state index in [0.717, 1.165) is 12.1 Å². The zero-order valence-electron chi connectivity index (χ0n) is 13.5. The number of amides is 2. The van der Waals surface area contributed by atoms with Gasteiger partial charge in [-0.05, 0) is 25.5 Å². The lowest BCUT2D eigenvalue weighted by atomic mass is 9.96. The van der Waals surface area contributed by atoms with Crippen molar-refractivity contribution in [3.63, 3.8) is 0 Å². The van der Waals surface area contributed by atoms with Gasteiger partial charge < -0.3 is 15.7 Å². The van der Waals surface area contributed by atoms with Crippen molar-refractivity contribution in [2.45, 2.75) is 25.5 Å². The van der Waals surface area contributed by atoms with E-state index in [9.17, 15) is 18.7 Å². The number of nitrogens with one attached hydrogen (secondary N) is 2. The molecule has 0 heterocycles. The van der Waals surface area contributed by atoms with E-state index < -0.39 is 29.3 Å². The molecular weight excluding hydrogens is 314 g/mol. The molecule has 2 rings (SSSR count). The summed E-state index contributed by atoms with van der Waals surface area (Å²) < 4.78 is 26.6.